The summed E-state index contributed by atoms with van der Waals surface area (Å²) < 4.78 is 0. The first-order valence-electron chi connectivity index (χ1n) is 8.76. The summed E-state index contributed by atoms with van der Waals surface area (Å²) in [5, 5.41) is 32.9. The van der Waals surface area contributed by atoms with Gasteiger partial charge in [-0.2, -0.15) is 11.8 Å². The summed E-state index contributed by atoms with van der Waals surface area (Å²) in [7, 11) is 0. The molecule has 0 aliphatic heterocycles. The first-order chi connectivity index (χ1) is 14.0. The van der Waals surface area contributed by atoms with Gasteiger partial charge in [0.05, 0.1) is 12.5 Å². The van der Waals surface area contributed by atoms with Crippen LogP contribution in [0.4, 0.5) is 0 Å². The lowest BCUT2D eigenvalue weighted by atomic mass is 10.1. The molecular weight excluding hydrogens is 424 g/mol. The quantitative estimate of drug-likeness (QED) is 0.139. The number of rotatable bonds is 15. The van der Waals surface area contributed by atoms with Crippen molar-refractivity contribution in [3.8, 4) is 0 Å². The molecule has 13 nitrogen and oxygen atoms in total. The SMILES string of the molecule is CSCCC(NC(=O)C(CCC(=O)O)NC(=O)C(N)CC(=O)O)C(=O)NCC(=O)O. The van der Waals surface area contributed by atoms with E-state index in [4.69, 9.17) is 21.1 Å². The zero-order valence-corrected chi connectivity index (χ0v) is 17.1. The van der Waals surface area contributed by atoms with Crippen LogP contribution in [-0.2, 0) is 28.8 Å². The second-order valence-electron chi connectivity index (χ2n) is 6.15. The average Bonchev–Trinajstić information content (AvgIpc) is 2.65. The lowest BCUT2D eigenvalue weighted by molar-refractivity contribution is -0.140. The lowest BCUT2D eigenvalue weighted by Gasteiger charge is -2.23. The number of carboxylic acid groups (broad SMARTS) is 3. The topological polar surface area (TPSA) is 225 Å². The van der Waals surface area contributed by atoms with Crippen molar-refractivity contribution < 1.29 is 44.1 Å². The van der Waals surface area contributed by atoms with E-state index in [0.29, 0.717) is 5.75 Å². The number of hydrogen-bond donors (Lipinski definition) is 7. The second-order valence-corrected chi connectivity index (χ2v) is 7.14. The normalized spacial score (nSPS) is 13.4. The van der Waals surface area contributed by atoms with E-state index in [9.17, 15) is 28.8 Å². The van der Waals surface area contributed by atoms with E-state index in [1.807, 2.05) is 0 Å². The van der Waals surface area contributed by atoms with Crippen LogP contribution in [0.2, 0.25) is 0 Å². The van der Waals surface area contributed by atoms with Crippen LogP contribution in [0.3, 0.4) is 0 Å². The molecular formula is C16H26N4O9S. The van der Waals surface area contributed by atoms with E-state index < -0.39 is 73.1 Å². The molecule has 0 fully saturated rings. The van der Waals surface area contributed by atoms with E-state index in [-0.39, 0.29) is 12.8 Å². The highest BCUT2D eigenvalue weighted by molar-refractivity contribution is 7.98. The van der Waals surface area contributed by atoms with Gasteiger partial charge in [0.1, 0.15) is 18.6 Å². The van der Waals surface area contributed by atoms with Gasteiger partial charge >= 0.3 is 17.9 Å². The van der Waals surface area contributed by atoms with Gasteiger partial charge < -0.3 is 37.0 Å². The van der Waals surface area contributed by atoms with Gasteiger partial charge in [-0.1, -0.05) is 0 Å². The molecule has 14 heteroatoms. The maximum atomic E-state index is 12.6. The predicted octanol–water partition coefficient (Wildman–Crippen LogP) is -2.42. The number of carbonyl (C=O) groups excluding carboxylic acids is 3. The van der Waals surface area contributed by atoms with Crippen molar-refractivity contribution in [2.75, 3.05) is 18.6 Å². The average molecular weight is 450 g/mol. The molecule has 170 valence electrons. The van der Waals surface area contributed by atoms with Crippen molar-refractivity contribution in [1.82, 2.24) is 16.0 Å². The second kappa shape index (κ2) is 14.2. The van der Waals surface area contributed by atoms with Crippen LogP contribution in [0.5, 0.6) is 0 Å². The number of thioether (sulfide) groups is 1. The molecule has 30 heavy (non-hydrogen) atoms. The first-order valence-corrected chi connectivity index (χ1v) is 10.2. The Morgan fingerprint density at radius 2 is 1.40 bits per heavy atom. The third-order valence-corrected chi connectivity index (χ3v) is 4.31. The number of hydrogen-bond acceptors (Lipinski definition) is 8. The van der Waals surface area contributed by atoms with Crippen molar-refractivity contribution in [3.05, 3.63) is 0 Å². The molecule has 0 aliphatic carbocycles. The van der Waals surface area contributed by atoms with Crippen molar-refractivity contribution in [3.63, 3.8) is 0 Å². The van der Waals surface area contributed by atoms with Crippen LogP contribution >= 0.6 is 11.8 Å². The van der Waals surface area contributed by atoms with E-state index in [2.05, 4.69) is 16.0 Å². The van der Waals surface area contributed by atoms with E-state index in [1.165, 1.54) is 11.8 Å². The molecule has 0 aromatic rings. The fraction of sp³-hybridized carbons (Fsp3) is 0.625. The Morgan fingerprint density at radius 1 is 0.833 bits per heavy atom. The standard InChI is InChI=1S/C16H26N4O9S/c1-30-5-4-10(15(28)18-7-13(25)26)20-16(29)9(2-3-11(21)22)19-14(27)8(17)6-12(23)24/h8-10H,2-7,17H2,1H3,(H,18,28)(H,19,27)(H,20,29)(H,21,22)(H,23,24)(H,25,26). The van der Waals surface area contributed by atoms with Gasteiger partial charge in [0.15, 0.2) is 0 Å². The molecule has 0 aliphatic rings. The molecule has 0 rings (SSSR count). The minimum atomic E-state index is -1.46. The monoisotopic (exact) mass is 450 g/mol. The molecule has 0 radical (unpaired) electrons. The number of nitrogens with two attached hydrogens (primary N) is 1. The predicted molar refractivity (Wildman–Crippen MR) is 105 cm³/mol. The molecule has 0 heterocycles. The zero-order valence-electron chi connectivity index (χ0n) is 16.3. The van der Waals surface area contributed by atoms with Crippen LogP contribution in [0, 0.1) is 0 Å². The van der Waals surface area contributed by atoms with Crippen molar-refractivity contribution >= 4 is 47.4 Å². The van der Waals surface area contributed by atoms with Crippen molar-refractivity contribution in [2.45, 2.75) is 43.8 Å². The number of amides is 3. The summed E-state index contributed by atoms with van der Waals surface area (Å²) in [6, 6.07) is -3.98. The number of carbonyl (C=O) groups is 6. The zero-order chi connectivity index (χ0) is 23.3. The van der Waals surface area contributed by atoms with Gasteiger partial charge in [-0.25, -0.2) is 0 Å². The van der Waals surface area contributed by atoms with Crippen LogP contribution < -0.4 is 21.7 Å². The van der Waals surface area contributed by atoms with E-state index in [0.717, 1.165) is 0 Å². The lowest BCUT2D eigenvalue weighted by Crippen LogP contribution is -2.56. The number of aliphatic carboxylic acids is 3. The Bertz CT molecular complexity index is 659. The van der Waals surface area contributed by atoms with Gasteiger partial charge in [0.2, 0.25) is 17.7 Å². The van der Waals surface area contributed by atoms with Gasteiger partial charge in [0, 0.05) is 6.42 Å². The van der Waals surface area contributed by atoms with Gasteiger partial charge in [-0.05, 0) is 24.9 Å². The Kier molecular flexibility index (Phi) is 12.8. The molecule has 0 aromatic carbocycles. The molecule has 0 bridgehead atoms. The highest BCUT2D eigenvalue weighted by atomic mass is 32.2. The number of nitrogens with one attached hydrogen (secondary N) is 3. The summed E-state index contributed by atoms with van der Waals surface area (Å²) in [6.07, 6.45) is 0.378. The highest BCUT2D eigenvalue weighted by Crippen LogP contribution is 2.05. The summed E-state index contributed by atoms with van der Waals surface area (Å²) in [4.78, 5) is 68.9. The van der Waals surface area contributed by atoms with Gasteiger partial charge in [0.25, 0.3) is 0 Å². The van der Waals surface area contributed by atoms with Crippen LogP contribution in [0.15, 0.2) is 0 Å². The first kappa shape index (κ1) is 27.1. The summed E-state index contributed by atoms with van der Waals surface area (Å²) in [5.74, 6) is -6.03. The minimum absolute atomic E-state index is 0.149. The maximum Gasteiger partial charge on any atom is 0.322 e. The largest absolute Gasteiger partial charge is 0.481 e. The van der Waals surface area contributed by atoms with Crippen molar-refractivity contribution in [1.29, 1.82) is 0 Å². The third-order valence-electron chi connectivity index (χ3n) is 3.67. The summed E-state index contributed by atoms with van der Waals surface area (Å²) >= 11 is 1.37. The Hall–Kier alpha value is -2.87. The molecule has 0 aromatic heterocycles. The molecule has 0 saturated heterocycles. The Balaban J connectivity index is 5.27. The number of carboxylic acids is 3. The molecule has 3 unspecified atom stereocenters. The fourth-order valence-electron chi connectivity index (χ4n) is 2.16. The van der Waals surface area contributed by atoms with Gasteiger partial charge in [-0.3, -0.25) is 28.8 Å². The minimum Gasteiger partial charge on any atom is -0.481 e. The van der Waals surface area contributed by atoms with Crippen molar-refractivity contribution in [2.24, 2.45) is 5.73 Å². The molecule has 0 spiro atoms. The van der Waals surface area contributed by atoms with E-state index >= 15 is 0 Å². The smallest absolute Gasteiger partial charge is 0.322 e. The maximum absolute atomic E-state index is 12.6. The Labute approximate surface area is 176 Å². The Morgan fingerprint density at radius 3 is 1.90 bits per heavy atom. The molecule has 0 saturated carbocycles. The summed E-state index contributed by atoms with van der Waals surface area (Å²) in [6.45, 7) is -0.659. The molecule has 3 amide bonds. The highest BCUT2D eigenvalue weighted by Gasteiger charge is 2.29. The third kappa shape index (κ3) is 11.9. The van der Waals surface area contributed by atoms with E-state index in [1.54, 1.807) is 6.26 Å². The van der Waals surface area contributed by atoms with Crippen LogP contribution in [0.1, 0.15) is 25.7 Å². The van der Waals surface area contributed by atoms with Crippen LogP contribution in [-0.4, -0.2) is 87.6 Å². The summed E-state index contributed by atoms with van der Waals surface area (Å²) in [5.41, 5.74) is 5.44. The fourth-order valence-corrected chi connectivity index (χ4v) is 2.63. The van der Waals surface area contributed by atoms with Crippen LogP contribution in [0.25, 0.3) is 0 Å². The molecule has 3 atom stereocenters. The molecule has 8 N–H and O–H groups in total. The van der Waals surface area contributed by atoms with Gasteiger partial charge in [-0.15, -0.1) is 0 Å².